The minimum absolute atomic E-state index is 0.327. The van der Waals surface area contributed by atoms with Crippen LogP contribution in [0.3, 0.4) is 0 Å². The molecule has 0 N–H and O–H groups in total. The maximum atomic E-state index is 6.18. The summed E-state index contributed by atoms with van der Waals surface area (Å²) in [5.41, 5.74) is 1.47. The van der Waals surface area contributed by atoms with E-state index in [4.69, 9.17) is 23.2 Å². The second kappa shape index (κ2) is 5.19. The molecule has 0 radical (unpaired) electrons. The first kappa shape index (κ1) is 13.0. The number of hydrogen-bond acceptors (Lipinski definition) is 3. The van der Waals surface area contributed by atoms with Crippen molar-refractivity contribution < 1.29 is 0 Å². The summed E-state index contributed by atoms with van der Waals surface area (Å²) < 4.78 is 1.10. The summed E-state index contributed by atoms with van der Waals surface area (Å²) in [6.07, 6.45) is 1.59. The van der Waals surface area contributed by atoms with Crippen LogP contribution < -0.4 is 0 Å². The third kappa shape index (κ3) is 2.52. The lowest BCUT2D eigenvalue weighted by atomic mass is 10.2. The predicted molar refractivity (Wildman–Crippen MR) is 85.5 cm³/mol. The van der Waals surface area contributed by atoms with E-state index in [0.717, 1.165) is 9.13 Å². The summed E-state index contributed by atoms with van der Waals surface area (Å²) in [5, 5.41) is 1.41. The Morgan fingerprint density at radius 3 is 2.63 bits per heavy atom. The highest BCUT2D eigenvalue weighted by atomic mass is 127. The molecule has 0 saturated heterocycles. The van der Waals surface area contributed by atoms with E-state index in [1.54, 1.807) is 12.3 Å². The Morgan fingerprint density at radius 2 is 1.84 bits per heavy atom. The van der Waals surface area contributed by atoms with E-state index in [2.05, 4.69) is 37.5 Å². The molecule has 1 aromatic carbocycles. The van der Waals surface area contributed by atoms with Crippen LogP contribution in [0.5, 0.6) is 0 Å². The Bertz CT molecular complexity index is 777. The fraction of sp³-hybridized carbons (Fsp3) is 0. The van der Waals surface area contributed by atoms with Crippen LogP contribution in [-0.2, 0) is 0 Å². The number of pyridine rings is 1. The molecule has 0 amide bonds. The van der Waals surface area contributed by atoms with Crippen LogP contribution in [-0.4, -0.2) is 15.0 Å². The van der Waals surface area contributed by atoms with Gasteiger partial charge in [-0.15, -0.1) is 0 Å². The van der Waals surface area contributed by atoms with Gasteiger partial charge < -0.3 is 0 Å². The van der Waals surface area contributed by atoms with Crippen LogP contribution in [0.15, 0.2) is 36.5 Å². The highest BCUT2D eigenvalue weighted by Crippen LogP contribution is 2.28. The molecule has 3 rings (SSSR count). The average Bonchev–Trinajstić information content (AvgIpc) is 2.40. The Morgan fingerprint density at radius 1 is 1.00 bits per heavy atom. The molecule has 2 aromatic heterocycles. The molecule has 2 heterocycles. The van der Waals surface area contributed by atoms with E-state index in [9.17, 15) is 0 Å². The van der Waals surface area contributed by atoms with Gasteiger partial charge in [0.1, 0.15) is 10.7 Å². The van der Waals surface area contributed by atoms with Crippen molar-refractivity contribution in [3.8, 4) is 11.4 Å². The van der Waals surface area contributed by atoms with Gasteiger partial charge in [-0.2, -0.15) is 0 Å². The molecule has 0 bridgehead atoms. The van der Waals surface area contributed by atoms with Crippen molar-refractivity contribution in [2.75, 3.05) is 0 Å². The van der Waals surface area contributed by atoms with Crippen molar-refractivity contribution in [2.24, 2.45) is 0 Å². The molecular formula is C13H6Cl2IN3. The molecular weight excluding hydrogens is 396 g/mol. The zero-order valence-electron chi connectivity index (χ0n) is 9.44. The van der Waals surface area contributed by atoms with Crippen LogP contribution >= 0.6 is 45.8 Å². The monoisotopic (exact) mass is 401 g/mol. The number of rotatable bonds is 1. The average molecular weight is 402 g/mol. The Hall–Kier alpha value is -0.980. The first-order chi connectivity index (χ1) is 9.15. The zero-order chi connectivity index (χ0) is 13.4. The van der Waals surface area contributed by atoms with Gasteiger partial charge in [-0.25, -0.2) is 15.0 Å². The van der Waals surface area contributed by atoms with Crippen LogP contribution in [0.4, 0.5) is 0 Å². The SMILES string of the molecule is Clc1nc(-c2cccc(I)c2)nc2c(Cl)nccc12. The molecule has 3 aromatic rings. The molecule has 94 valence electrons. The molecule has 0 fully saturated rings. The van der Waals surface area contributed by atoms with Gasteiger partial charge in [-0.05, 0) is 40.8 Å². The maximum absolute atomic E-state index is 6.18. The fourth-order valence-electron chi connectivity index (χ4n) is 1.74. The summed E-state index contributed by atoms with van der Waals surface area (Å²) in [6.45, 7) is 0. The summed E-state index contributed by atoms with van der Waals surface area (Å²) in [5.74, 6) is 0.547. The Balaban J connectivity index is 2.29. The second-order valence-corrected chi connectivity index (χ2v) is 5.81. The Labute approximate surface area is 133 Å². The number of hydrogen-bond donors (Lipinski definition) is 0. The van der Waals surface area contributed by atoms with Crippen molar-refractivity contribution in [1.82, 2.24) is 15.0 Å². The molecule has 3 nitrogen and oxygen atoms in total. The number of benzene rings is 1. The van der Waals surface area contributed by atoms with E-state index in [1.807, 2.05) is 24.3 Å². The highest BCUT2D eigenvalue weighted by molar-refractivity contribution is 14.1. The van der Waals surface area contributed by atoms with E-state index in [-0.39, 0.29) is 0 Å². The highest BCUT2D eigenvalue weighted by Gasteiger charge is 2.11. The quantitative estimate of drug-likeness (QED) is 0.339. The lowest BCUT2D eigenvalue weighted by Crippen LogP contribution is -1.93. The summed E-state index contributed by atoms with van der Waals surface area (Å²) in [4.78, 5) is 12.8. The van der Waals surface area contributed by atoms with Crippen molar-refractivity contribution in [3.05, 3.63) is 50.4 Å². The summed E-state index contributed by atoms with van der Waals surface area (Å²) >= 11 is 14.5. The third-order valence-electron chi connectivity index (χ3n) is 2.61. The number of aromatic nitrogens is 3. The topological polar surface area (TPSA) is 38.7 Å². The smallest absolute Gasteiger partial charge is 0.161 e. The molecule has 19 heavy (non-hydrogen) atoms. The van der Waals surface area contributed by atoms with Crippen LogP contribution in [0.2, 0.25) is 10.3 Å². The molecule has 0 aliphatic rings. The molecule has 0 aliphatic heterocycles. The first-order valence-corrected chi connectivity index (χ1v) is 7.22. The van der Waals surface area contributed by atoms with Gasteiger partial charge >= 0.3 is 0 Å². The number of halogens is 3. The molecule has 0 saturated carbocycles. The fourth-order valence-corrected chi connectivity index (χ4v) is 2.72. The van der Waals surface area contributed by atoms with Crippen molar-refractivity contribution in [1.29, 1.82) is 0 Å². The van der Waals surface area contributed by atoms with Gasteiger partial charge in [0.05, 0.1) is 0 Å². The largest absolute Gasteiger partial charge is 0.242 e. The van der Waals surface area contributed by atoms with Crippen molar-refractivity contribution in [2.45, 2.75) is 0 Å². The standard InChI is InChI=1S/C13H6Cl2IN3/c14-11-9-4-5-17-12(15)10(9)18-13(19-11)7-2-1-3-8(16)6-7/h1-6H. The number of nitrogens with zero attached hydrogens (tertiary/aromatic N) is 3. The second-order valence-electron chi connectivity index (χ2n) is 3.85. The van der Waals surface area contributed by atoms with Crippen LogP contribution in [0.1, 0.15) is 0 Å². The summed E-state index contributed by atoms with van der Waals surface area (Å²) in [7, 11) is 0. The van der Waals surface area contributed by atoms with Gasteiger partial charge in [0, 0.05) is 20.7 Å². The molecule has 0 aliphatic carbocycles. The molecule has 0 unspecified atom stereocenters. The van der Waals surface area contributed by atoms with Gasteiger partial charge in [0.15, 0.2) is 11.0 Å². The lowest BCUT2D eigenvalue weighted by molar-refractivity contribution is 1.21. The van der Waals surface area contributed by atoms with E-state index in [1.165, 1.54) is 0 Å². The minimum atomic E-state index is 0.327. The van der Waals surface area contributed by atoms with E-state index in [0.29, 0.717) is 27.0 Å². The lowest BCUT2D eigenvalue weighted by Gasteiger charge is -2.05. The number of fused-ring (bicyclic) bond motifs is 1. The summed E-state index contributed by atoms with van der Waals surface area (Å²) in [6, 6.07) is 9.62. The van der Waals surface area contributed by atoms with E-state index >= 15 is 0 Å². The molecule has 6 heteroatoms. The van der Waals surface area contributed by atoms with E-state index < -0.39 is 0 Å². The van der Waals surface area contributed by atoms with Gasteiger partial charge in [-0.3, -0.25) is 0 Å². The maximum Gasteiger partial charge on any atom is 0.161 e. The normalized spacial score (nSPS) is 10.9. The molecule has 0 spiro atoms. The van der Waals surface area contributed by atoms with Crippen LogP contribution in [0, 0.1) is 3.57 Å². The Kier molecular flexibility index (Phi) is 3.56. The first-order valence-electron chi connectivity index (χ1n) is 5.39. The van der Waals surface area contributed by atoms with Crippen LogP contribution in [0.25, 0.3) is 22.3 Å². The van der Waals surface area contributed by atoms with Gasteiger partial charge in [0.25, 0.3) is 0 Å². The van der Waals surface area contributed by atoms with Gasteiger partial charge in [0.2, 0.25) is 0 Å². The minimum Gasteiger partial charge on any atom is -0.242 e. The van der Waals surface area contributed by atoms with Crippen molar-refractivity contribution >= 4 is 56.7 Å². The molecule has 0 atom stereocenters. The predicted octanol–water partition coefficient (Wildman–Crippen LogP) is 4.60. The third-order valence-corrected chi connectivity index (χ3v) is 3.84. The zero-order valence-corrected chi connectivity index (χ0v) is 13.1. The van der Waals surface area contributed by atoms with Gasteiger partial charge in [-0.1, -0.05) is 35.3 Å². The van der Waals surface area contributed by atoms with Crippen molar-refractivity contribution in [3.63, 3.8) is 0 Å².